The number of hydrogen-bond acceptors (Lipinski definition) is 3. The van der Waals surface area contributed by atoms with Crippen LogP contribution in [0.4, 0.5) is 23.8 Å². The van der Waals surface area contributed by atoms with Gasteiger partial charge in [-0.3, -0.25) is 9.80 Å². The number of carbonyl (C=O) groups excluding carboxylic acids is 1. The molecule has 0 aromatic carbocycles. The summed E-state index contributed by atoms with van der Waals surface area (Å²) in [6.45, 7) is 10.5. The lowest BCUT2D eigenvalue weighted by atomic mass is 10.2. The molecule has 9 heteroatoms. The third kappa shape index (κ3) is 7.18. The maximum absolute atomic E-state index is 13.1. The summed E-state index contributed by atoms with van der Waals surface area (Å²) in [5, 5.41) is 0. The molecule has 1 aromatic rings. The quantitative estimate of drug-likeness (QED) is 0.696. The second kappa shape index (κ2) is 10.1. The lowest BCUT2D eigenvalue weighted by molar-refractivity contribution is -0.137. The van der Waals surface area contributed by atoms with Gasteiger partial charge in [-0.15, -0.1) is 12.4 Å². The molecule has 27 heavy (non-hydrogen) atoms. The van der Waals surface area contributed by atoms with E-state index in [2.05, 4.69) is 9.88 Å². The van der Waals surface area contributed by atoms with Crippen molar-refractivity contribution in [3.05, 3.63) is 23.4 Å². The van der Waals surface area contributed by atoms with Gasteiger partial charge in [0.05, 0.1) is 5.56 Å². The van der Waals surface area contributed by atoms with Crippen LogP contribution in [0.3, 0.4) is 0 Å². The second-order valence-electron chi connectivity index (χ2n) is 7.11. The Morgan fingerprint density at radius 2 is 1.59 bits per heavy atom. The normalized spacial score (nSPS) is 11.7. The molecule has 5 nitrogen and oxygen atoms in total. The first-order valence-electron chi connectivity index (χ1n) is 8.65. The Balaban J connectivity index is 0.00000676. The van der Waals surface area contributed by atoms with E-state index in [1.54, 1.807) is 14.1 Å². The molecule has 0 spiro atoms. The number of urea groups is 1. The zero-order valence-electron chi connectivity index (χ0n) is 17.0. The van der Waals surface area contributed by atoms with E-state index < -0.39 is 17.8 Å². The highest BCUT2D eigenvalue weighted by Crippen LogP contribution is 2.31. The summed E-state index contributed by atoms with van der Waals surface area (Å²) in [5.74, 6) is 0.0171. The molecule has 156 valence electrons. The van der Waals surface area contributed by atoms with Crippen molar-refractivity contribution in [2.45, 2.75) is 52.9 Å². The Labute approximate surface area is 165 Å². The number of alkyl halides is 3. The zero-order chi connectivity index (χ0) is 20.2. The average molecular weight is 411 g/mol. The topological polar surface area (TPSA) is 39.7 Å². The van der Waals surface area contributed by atoms with Crippen LogP contribution in [0.5, 0.6) is 0 Å². The van der Waals surface area contributed by atoms with Crippen molar-refractivity contribution in [3.8, 4) is 0 Å². The van der Waals surface area contributed by atoms with Crippen LogP contribution in [0.25, 0.3) is 0 Å². The Hall–Kier alpha value is -1.54. The van der Waals surface area contributed by atoms with E-state index in [9.17, 15) is 18.0 Å². The van der Waals surface area contributed by atoms with Crippen molar-refractivity contribution >= 4 is 24.3 Å². The van der Waals surface area contributed by atoms with Crippen molar-refractivity contribution in [2.24, 2.45) is 0 Å². The highest BCUT2D eigenvalue weighted by atomic mass is 35.5. The fraction of sp³-hybridized carbons (Fsp3) is 0.667. The summed E-state index contributed by atoms with van der Waals surface area (Å²) in [4.78, 5) is 21.6. The number of amides is 2. The Morgan fingerprint density at radius 1 is 1.07 bits per heavy atom. The fourth-order valence-electron chi connectivity index (χ4n) is 2.83. The molecule has 1 heterocycles. The number of rotatable bonds is 6. The molecular weight excluding hydrogens is 381 g/mol. The maximum atomic E-state index is 13.1. The monoisotopic (exact) mass is 410 g/mol. The first kappa shape index (κ1) is 25.5. The van der Waals surface area contributed by atoms with Crippen molar-refractivity contribution in [3.63, 3.8) is 0 Å². The van der Waals surface area contributed by atoms with Gasteiger partial charge in [0.2, 0.25) is 0 Å². The summed E-state index contributed by atoms with van der Waals surface area (Å²) in [6, 6.07) is 2.02. The minimum Gasteiger partial charge on any atom is -0.330 e. The van der Waals surface area contributed by atoms with Gasteiger partial charge in [-0.2, -0.15) is 13.2 Å². The predicted octanol–water partition coefficient (Wildman–Crippen LogP) is 4.44. The summed E-state index contributed by atoms with van der Waals surface area (Å²) in [7, 11) is 3.14. The molecule has 0 saturated heterocycles. The van der Waals surface area contributed by atoms with Gasteiger partial charge in [-0.25, -0.2) is 9.78 Å². The lowest BCUT2D eigenvalue weighted by Gasteiger charge is -2.33. The lowest BCUT2D eigenvalue weighted by Crippen LogP contribution is -2.47. The first-order valence-corrected chi connectivity index (χ1v) is 8.65. The van der Waals surface area contributed by atoms with E-state index in [0.717, 1.165) is 12.1 Å². The van der Waals surface area contributed by atoms with E-state index in [4.69, 9.17) is 0 Å². The Morgan fingerprint density at radius 3 is 2.00 bits per heavy atom. The number of carbonyl (C=O) groups is 1. The van der Waals surface area contributed by atoms with Crippen molar-refractivity contribution in [1.82, 2.24) is 14.8 Å². The average Bonchev–Trinajstić information content (AvgIpc) is 2.48. The van der Waals surface area contributed by atoms with E-state index in [1.807, 2.05) is 27.7 Å². The molecule has 1 aromatic heterocycles. The summed E-state index contributed by atoms with van der Waals surface area (Å²) >= 11 is 0. The number of aromatic nitrogens is 1. The van der Waals surface area contributed by atoms with Gasteiger partial charge in [0.15, 0.2) is 0 Å². The third-order valence-corrected chi connectivity index (χ3v) is 4.07. The molecule has 0 bridgehead atoms. The smallest absolute Gasteiger partial charge is 0.330 e. The van der Waals surface area contributed by atoms with Crippen molar-refractivity contribution in [2.75, 3.05) is 32.1 Å². The third-order valence-electron chi connectivity index (χ3n) is 4.07. The number of nitrogens with zero attached hydrogens (tertiary/aromatic N) is 4. The van der Waals surface area contributed by atoms with E-state index in [0.29, 0.717) is 6.54 Å². The van der Waals surface area contributed by atoms with Crippen LogP contribution in [0, 0.1) is 6.92 Å². The van der Waals surface area contributed by atoms with E-state index in [-0.39, 0.29) is 42.5 Å². The van der Waals surface area contributed by atoms with E-state index >= 15 is 0 Å². The molecule has 0 saturated carbocycles. The fourth-order valence-corrected chi connectivity index (χ4v) is 2.83. The van der Waals surface area contributed by atoms with Crippen LogP contribution in [0.1, 0.15) is 39.0 Å². The zero-order valence-corrected chi connectivity index (χ0v) is 17.8. The summed E-state index contributed by atoms with van der Waals surface area (Å²) in [5.41, 5.74) is -0.586. The number of halogens is 4. The summed E-state index contributed by atoms with van der Waals surface area (Å²) in [6.07, 6.45) is -4.49. The van der Waals surface area contributed by atoms with Gasteiger partial charge in [0.1, 0.15) is 5.82 Å². The Kier molecular flexibility index (Phi) is 9.55. The molecule has 0 aliphatic carbocycles. The molecule has 0 aliphatic heterocycles. The SMILES string of the molecule is Cc1cc(C(F)(F)F)cc(N(CCN(C(C)C)C(C)C)C(=O)N(C)C)n1.Cl. The second-order valence-corrected chi connectivity index (χ2v) is 7.11. The molecule has 0 aliphatic rings. The van der Waals surface area contributed by atoms with Gasteiger partial charge in [-0.1, -0.05) is 0 Å². The van der Waals surface area contributed by atoms with Crippen LogP contribution in [0.15, 0.2) is 12.1 Å². The van der Waals surface area contributed by atoms with Gasteiger partial charge >= 0.3 is 12.2 Å². The van der Waals surface area contributed by atoms with Crippen molar-refractivity contribution < 1.29 is 18.0 Å². The van der Waals surface area contributed by atoms with E-state index in [1.165, 1.54) is 16.7 Å². The highest BCUT2D eigenvalue weighted by molar-refractivity contribution is 5.90. The minimum atomic E-state index is -4.49. The predicted molar refractivity (Wildman–Crippen MR) is 105 cm³/mol. The molecular formula is C18H30ClF3N4O. The van der Waals surface area contributed by atoms with Gasteiger partial charge in [0, 0.05) is 45.0 Å². The number of anilines is 1. The summed E-state index contributed by atoms with van der Waals surface area (Å²) < 4.78 is 39.4. The first-order chi connectivity index (χ1) is 11.8. The molecule has 0 atom stereocenters. The van der Waals surface area contributed by atoms with Crippen LogP contribution >= 0.6 is 12.4 Å². The molecule has 0 fully saturated rings. The van der Waals surface area contributed by atoms with Crippen LogP contribution < -0.4 is 4.90 Å². The van der Waals surface area contributed by atoms with Crippen LogP contribution in [-0.4, -0.2) is 60.1 Å². The largest absolute Gasteiger partial charge is 0.416 e. The number of hydrogen-bond donors (Lipinski definition) is 0. The van der Waals surface area contributed by atoms with Crippen LogP contribution in [-0.2, 0) is 6.18 Å². The van der Waals surface area contributed by atoms with Gasteiger partial charge < -0.3 is 4.90 Å². The molecule has 0 unspecified atom stereocenters. The van der Waals surface area contributed by atoms with Gasteiger partial charge in [0.25, 0.3) is 0 Å². The Bertz CT molecular complexity index is 613. The van der Waals surface area contributed by atoms with Gasteiger partial charge in [-0.05, 0) is 46.8 Å². The van der Waals surface area contributed by atoms with Crippen molar-refractivity contribution in [1.29, 1.82) is 0 Å². The number of pyridine rings is 1. The molecule has 1 rings (SSSR count). The standard InChI is InChI=1S/C18H29F3N4O.ClH/c1-12(2)24(13(3)4)8-9-25(17(26)23(6)7)16-11-15(18(19,20)21)10-14(5)22-16;/h10-13H,8-9H2,1-7H3;1H. The molecule has 2 amide bonds. The maximum Gasteiger partial charge on any atom is 0.416 e. The minimum absolute atomic E-state index is 0. The van der Waals surface area contributed by atoms with Crippen LogP contribution in [0.2, 0.25) is 0 Å². The molecule has 0 radical (unpaired) electrons. The highest BCUT2D eigenvalue weighted by Gasteiger charge is 2.32. The molecule has 0 N–H and O–H groups in total. The number of aryl methyl sites for hydroxylation is 1.